The van der Waals surface area contributed by atoms with Gasteiger partial charge in [0.25, 0.3) is 0 Å². The van der Waals surface area contributed by atoms with Crippen molar-refractivity contribution in [2.45, 2.75) is 24.9 Å². The number of aliphatic hydroxyl groups is 2. The van der Waals surface area contributed by atoms with Crippen LogP contribution >= 0.6 is 0 Å². The summed E-state index contributed by atoms with van der Waals surface area (Å²) in [5.74, 6) is 0.646. The molecule has 0 aromatic carbocycles. The van der Waals surface area contributed by atoms with Gasteiger partial charge in [-0.3, -0.25) is 4.57 Å². The maximum absolute atomic E-state index is 9.79. The summed E-state index contributed by atoms with van der Waals surface area (Å²) < 4.78 is 12.7. The van der Waals surface area contributed by atoms with Crippen molar-refractivity contribution >= 4 is 11.2 Å². The van der Waals surface area contributed by atoms with E-state index in [-0.39, 0.29) is 12.8 Å². The normalized spacial score (nSPS) is 27.0. The van der Waals surface area contributed by atoms with Gasteiger partial charge in [0.05, 0.1) is 26.1 Å². The molecule has 0 aliphatic carbocycles. The highest BCUT2D eigenvalue weighted by molar-refractivity contribution is 5.78. The lowest BCUT2D eigenvalue weighted by Gasteiger charge is -2.15. The maximum Gasteiger partial charge on any atom is 0.181 e. The van der Waals surface area contributed by atoms with Crippen LogP contribution < -0.4 is 4.74 Å². The molecular formula is C12H15N3O4. The zero-order valence-corrected chi connectivity index (χ0v) is 10.4. The first-order valence-corrected chi connectivity index (χ1v) is 6.04. The van der Waals surface area contributed by atoms with Crippen LogP contribution in [-0.4, -0.2) is 50.7 Å². The van der Waals surface area contributed by atoms with E-state index in [1.807, 2.05) is 0 Å². The van der Waals surface area contributed by atoms with Crippen molar-refractivity contribution in [3.63, 3.8) is 0 Å². The number of aliphatic hydroxyl groups excluding tert-OH is 2. The topological polar surface area (TPSA) is 89.6 Å². The van der Waals surface area contributed by atoms with Gasteiger partial charge in [-0.2, -0.15) is 0 Å². The molecule has 7 nitrogen and oxygen atoms in total. The molecule has 0 bridgehead atoms. The Kier molecular flexibility index (Phi) is 3.09. The van der Waals surface area contributed by atoms with Crippen molar-refractivity contribution in [3.8, 4) is 5.75 Å². The highest BCUT2D eigenvalue weighted by Crippen LogP contribution is 2.33. The minimum Gasteiger partial charge on any atom is -0.494 e. The minimum absolute atomic E-state index is 0.209. The number of ether oxygens (including phenoxy) is 2. The van der Waals surface area contributed by atoms with E-state index < -0.39 is 12.2 Å². The molecule has 2 N–H and O–H groups in total. The second kappa shape index (κ2) is 4.76. The second-order valence-corrected chi connectivity index (χ2v) is 4.45. The third-order valence-corrected chi connectivity index (χ3v) is 3.34. The first-order valence-electron chi connectivity index (χ1n) is 6.04. The fraction of sp³-hybridized carbons (Fsp3) is 0.500. The molecule has 0 amide bonds. The van der Waals surface area contributed by atoms with Crippen LogP contribution in [0.2, 0.25) is 0 Å². The molecule has 1 fully saturated rings. The minimum atomic E-state index is -0.685. The zero-order chi connectivity index (χ0) is 13.4. The van der Waals surface area contributed by atoms with E-state index in [9.17, 15) is 5.11 Å². The van der Waals surface area contributed by atoms with Crippen LogP contribution in [-0.2, 0) is 4.74 Å². The lowest BCUT2D eigenvalue weighted by atomic mass is 10.2. The molecule has 0 saturated carbocycles. The van der Waals surface area contributed by atoms with E-state index in [1.54, 1.807) is 30.3 Å². The monoisotopic (exact) mass is 265 g/mol. The van der Waals surface area contributed by atoms with Gasteiger partial charge in [0.2, 0.25) is 0 Å². The standard InChI is InChI=1S/C12H15N3O4/c1-18-8-2-3-13-12-11(8)15(6-14-12)10-4-7(17)9(5-16)19-10/h2-3,6-7,9-10,16-17H,4-5H2,1H3/t7-,9+,10+/m0/s1. The largest absolute Gasteiger partial charge is 0.494 e. The Hall–Kier alpha value is -1.70. The average molecular weight is 265 g/mol. The lowest BCUT2D eigenvalue weighted by Crippen LogP contribution is -2.24. The van der Waals surface area contributed by atoms with Crippen LogP contribution in [0.25, 0.3) is 11.2 Å². The molecule has 19 heavy (non-hydrogen) atoms. The summed E-state index contributed by atoms with van der Waals surface area (Å²) in [4.78, 5) is 8.36. The number of hydrogen-bond donors (Lipinski definition) is 2. The molecule has 102 valence electrons. The number of rotatable bonds is 3. The van der Waals surface area contributed by atoms with Crippen LogP contribution in [0.5, 0.6) is 5.75 Å². The van der Waals surface area contributed by atoms with Crippen LogP contribution in [0, 0.1) is 0 Å². The Morgan fingerprint density at radius 3 is 3.05 bits per heavy atom. The molecule has 2 aromatic rings. The Morgan fingerprint density at radius 2 is 2.37 bits per heavy atom. The van der Waals surface area contributed by atoms with Crippen LogP contribution in [0.4, 0.5) is 0 Å². The summed E-state index contributed by atoms with van der Waals surface area (Å²) in [5, 5.41) is 18.9. The summed E-state index contributed by atoms with van der Waals surface area (Å²) in [6.07, 6.45) is 2.00. The van der Waals surface area contributed by atoms with Crippen molar-refractivity contribution in [1.82, 2.24) is 14.5 Å². The molecule has 7 heteroatoms. The molecule has 2 aromatic heterocycles. The number of nitrogens with zero attached hydrogens (tertiary/aromatic N) is 3. The highest BCUT2D eigenvalue weighted by atomic mass is 16.5. The average Bonchev–Trinajstić information content (AvgIpc) is 3.01. The number of imidazole rings is 1. The number of aromatic nitrogens is 3. The van der Waals surface area contributed by atoms with Crippen molar-refractivity contribution in [3.05, 3.63) is 18.6 Å². The van der Waals surface area contributed by atoms with Gasteiger partial charge < -0.3 is 19.7 Å². The van der Waals surface area contributed by atoms with Gasteiger partial charge in [0.1, 0.15) is 23.6 Å². The third kappa shape index (κ3) is 1.95. The van der Waals surface area contributed by atoms with Gasteiger partial charge in [-0.15, -0.1) is 0 Å². The summed E-state index contributed by atoms with van der Waals surface area (Å²) in [6, 6.07) is 1.75. The summed E-state index contributed by atoms with van der Waals surface area (Å²) in [7, 11) is 1.58. The summed E-state index contributed by atoms with van der Waals surface area (Å²) in [6.45, 7) is -0.209. The van der Waals surface area contributed by atoms with Gasteiger partial charge in [0.15, 0.2) is 5.65 Å². The molecule has 0 radical (unpaired) electrons. The van der Waals surface area contributed by atoms with E-state index >= 15 is 0 Å². The first-order chi connectivity index (χ1) is 9.24. The summed E-state index contributed by atoms with van der Waals surface area (Å²) >= 11 is 0. The highest BCUT2D eigenvalue weighted by Gasteiger charge is 2.35. The van der Waals surface area contributed by atoms with Crippen LogP contribution in [0.15, 0.2) is 18.6 Å². The smallest absolute Gasteiger partial charge is 0.181 e. The van der Waals surface area contributed by atoms with Crippen molar-refractivity contribution in [1.29, 1.82) is 0 Å². The Bertz CT molecular complexity index is 585. The number of hydrogen-bond acceptors (Lipinski definition) is 6. The van der Waals surface area contributed by atoms with Crippen molar-refractivity contribution < 1.29 is 19.7 Å². The number of pyridine rings is 1. The number of fused-ring (bicyclic) bond motifs is 1. The molecule has 1 aliphatic heterocycles. The van der Waals surface area contributed by atoms with Gasteiger partial charge in [-0.05, 0) is 0 Å². The number of methoxy groups -OCH3 is 1. The van der Waals surface area contributed by atoms with E-state index in [4.69, 9.17) is 14.6 Å². The van der Waals surface area contributed by atoms with Gasteiger partial charge in [0, 0.05) is 18.7 Å². The molecule has 3 heterocycles. The van der Waals surface area contributed by atoms with E-state index in [0.29, 0.717) is 17.8 Å². The molecule has 3 atom stereocenters. The summed E-state index contributed by atoms with van der Waals surface area (Å²) in [5.41, 5.74) is 1.28. The molecule has 0 spiro atoms. The Labute approximate surface area is 109 Å². The van der Waals surface area contributed by atoms with E-state index in [2.05, 4.69) is 9.97 Å². The van der Waals surface area contributed by atoms with Crippen LogP contribution in [0.3, 0.4) is 0 Å². The Balaban J connectivity index is 2.02. The predicted molar refractivity (Wildman–Crippen MR) is 65.7 cm³/mol. The van der Waals surface area contributed by atoms with E-state index in [1.165, 1.54) is 0 Å². The second-order valence-electron chi connectivity index (χ2n) is 4.45. The van der Waals surface area contributed by atoms with Gasteiger partial charge in [-0.25, -0.2) is 9.97 Å². The van der Waals surface area contributed by atoms with Crippen molar-refractivity contribution in [2.24, 2.45) is 0 Å². The van der Waals surface area contributed by atoms with Gasteiger partial charge in [-0.1, -0.05) is 0 Å². The predicted octanol–water partition coefficient (Wildman–Crippen LogP) is 0.0806. The maximum atomic E-state index is 9.79. The molecule has 3 rings (SSSR count). The third-order valence-electron chi connectivity index (χ3n) is 3.34. The Morgan fingerprint density at radius 1 is 1.53 bits per heavy atom. The molecule has 1 saturated heterocycles. The lowest BCUT2D eigenvalue weighted by molar-refractivity contribution is -0.0431. The van der Waals surface area contributed by atoms with Crippen molar-refractivity contribution in [2.75, 3.05) is 13.7 Å². The quantitative estimate of drug-likeness (QED) is 0.817. The first kappa shape index (κ1) is 12.3. The molecule has 1 aliphatic rings. The zero-order valence-electron chi connectivity index (χ0n) is 10.4. The molecule has 0 unspecified atom stereocenters. The molecular weight excluding hydrogens is 250 g/mol. The fourth-order valence-electron chi connectivity index (χ4n) is 2.37. The fourth-order valence-corrected chi connectivity index (χ4v) is 2.37. The SMILES string of the molecule is COc1ccnc2ncn([C@H]3C[C@H](O)[C@@H](CO)O3)c12. The van der Waals surface area contributed by atoms with Crippen LogP contribution in [0.1, 0.15) is 12.6 Å². The van der Waals surface area contributed by atoms with E-state index in [0.717, 1.165) is 5.52 Å². The van der Waals surface area contributed by atoms with Gasteiger partial charge >= 0.3 is 0 Å².